The van der Waals surface area contributed by atoms with Crippen LogP contribution in [0.15, 0.2) is 121 Å². The summed E-state index contributed by atoms with van der Waals surface area (Å²) < 4.78 is 12.3. The fourth-order valence-electron chi connectivity index (χ4n) is 5.28. The molecule has 1 fully saturated rings. The predicted octanol–water partition coefficient (Wildman–Crippen LogP) is 6.24. The summed E-state index contributed by atoms with van der Waals surface area (Å²) in [6, 6.07) is 31.3. The van der Waals surface area contributed by atoms with Gasteiger partial charge in [-0.05, 0) is 27.4 Å². The van der Waals surface area contributed by atoms with Crippen LogP contribution < -0.4 is 10.4 Å². The van der Waals surface area contributed by atoms with Crippen molar-refractivity contribution in [2.75, 3.05) is 13.2 Å². The number of nitrogens with zero attached hydrogens (tertiary/aromatic N) is 1. The van der Waals surface area contributed by atoms with E-state index < -0.39 is 8.32 Å². The SMILES string of the molecule is C=C=C(C/C=C/CO[Si](c1ccccc1)(c1ccccc1)C(C)(C)C)N1C(=O)OC[C@H]1Cc1ccccc1. The lowest BCUT2D eigenvalue weighted by molar-refractivity contribution is 0.164. The van der Waals surface area contributed by atoms with Gasteiger partial charge in [0, 0.05) is 6.42 Å². The highest BCUT2D eigenvalue weighted by molar-refractivity contribution is 6.99. The first-order valence-corrected chi connectivity index (χ1v) is 15.1. The summed E-state index contributed by atoms with van der Waals surface area (Å²) in [5.74, 6) is 0. The second kappa shape index (κ2) is 12.3. The molecule has 0 bridgehead atoms. The molecule has 4 nitrogen and oxygen atoms in total. The molecule has 196 valence electrons. The number of ether oxygens (including phenoxy) is 1. The molecular formula is C33H37NO3Si. The highest BCUT2D eigenvalue weighted by Gasteiger charge is 2.49. The third kappa shape index (κ3) is 5.92. The number of cyclic esters (lactones) is 1. The second-order valence-electron chi connectivity index (χ2n) is 10.6. The Morgan fingerprint density at radius 3 is 2.05 bits per heavy atom. The molecule has 5 heteroatoms. The van der Waals surface area contributed by atoms with Crippen LogP contribution in [0.4, 0.5) is 4.79 Å². The van der Waals surface area contributed by atoms with Gasteiger partial charge in [-0.3, -0.25) is 4.90 Å². The van der Waals surface area contributed by atoms with Crippen molar-refractivity contribution in [3.05, 3.63) is 127 Å². The molecule has 0 N–H and O–H groups in total. The Morgan fingerprint density at radius 2 is 1.53 bits per heavy atom. The van der Waals surface area contributed by atoms with Crippen LogP contribution >= 0.6 is 0 Å². The van der Waals surface area contributed by atoms with Gasteiger partial charge in [0.2, 0.25) is 0 Å². The fraction of sp³-hybridized carbons (Fsp3) is 0.273. The van der Waals surface area contributed by atoms with E-state index in [0.29, 0.717) is 19.6 Å². The molecule has 0 saturated carbocycles. The quantitative estimate of drug-likeness (QED) is 0.179. The van der Waals surface area contributed by atoms with Crippen LogP contribution in [0.1, 0.15) is 32.8 Å². The van der Waals surface area contributed by atoms with E-state index in [9.17, 15) is 4.79 Å². The highest BCUT2D eigenvalue weighted by Crippen LogP contribution is 2.36. The van der Waals surface area contributed by atoms with Crippen molar-refractivity contribution >= 4 is 24.8 Å². The van der Waals surface area contributed by atoms with E-state index in [-0.39, 0.29) is 17.2 Å². The van der Waals surface area contributed by atoms with Gasteiger partial charge in [0.05, 0.1) is 18.3 Å². The summed E-state index contributed by atoms with van der Waals surface area (Å²) >= 11 is 0. The van der Waals surface area contributed by atoms with Gasteiger partial charge in [0.25, 0.3) is 8.32 Å². The lowest BCUT2D eigenvalue weighted by atomic mass is 10.1. The van der Waals surface area contributed by atoms with Crippen LogP contribution in [0.3, 0.4) is 0 Å². The van der Waals surface area contributed by atoms with Crippen LogP contribution in [0.5, 0.6) is 0 Å². The van der Waals surface area contributed by atoms with E-state index in [0.717, 1.165) is 12.1 Å². The Morgan fingerprint density at radius 1 is 0.974 bits per heavy atom. The van der Waals surface area contributed by atoms with Crippen LogP contribution in [0.25, 0.3) is 0 Å². The number of carbonyl (C=O) groups excluding carboxylic acids is 1. The Hall–Kier alpha value is -3.63. The predicted molar refractivity (Wildman–Crippen MR) is 157 cm³/mol. The van der Waals surface area contributed by atoms with Gasteiger partial charge < -0.3 is 9.16 Å². The van der Waals surface area contributed by atoms with E-state index in [1.165, 1.54) is 15.9 Å². The zero-order chi connectivity index (χ0) is 27.0. The average Bonchev–Trinajstić information content (AvgIpc) is 3.28. The van der Waals surface area contributed by atoms with Crippen molar-refractivity contribution in [2.45, 2.75) is 44.7 Å². The number of benzene rings is 3. The molecule has 0 spiro atoms. The van der Waals surface area contributed by atoms with E-state index in [4.69, 9.17) is 9.16 Å². The van der Waals surface area contributed by atoms with Gasteiger partial charge in [-0.1, -0.05) is 130 Å². The molecule has 38 heavy (non-hydrogen) atoms. The van der Waals surface area contributed by atoms with Crippen molar-refractivity contribution in [2.24, 2.45) is 0 Å². The molecule has 0 unspecified atom stereocenters. The molecule has 1 heterocycles. The maximum atomic E-state index is 12.6. The lowest BCUT2D eigenvalue weighted by Crippen LogP contribution is -2.66. The van der Waals surface area contributed by atoms with E-state index in [1.807, 2.05) is 42.5 Å². The van der Waals surface area contributed by atoms with Gasteiger partial charge in [0.15, 0.2) is 0 Å². The summed E-state index contributed by atoms with van der Waals surface area (Å²) in [6.07, 6.45) is 4.99. The van der Waals surface area contributed by atoms with E-state index >= 15 is 0 Å². The van der Waals surface area contributed by atoms with Crippen LogP contribution in [0.2, 0.25) is 5.04 Å². The Kier molecular flexibility index (Phi) is 8.85. The molecule has 1 atom stereocenters. The first-order chi connectivity index (χ1) is 18.4. The number of allylic oxidation sites excluding steroid dienone is 1. The molecule has 4 rings (SSSR count). The number of hydrogen-bond donors (Lipinski definition) is 0. The second-order valence-corrected chi connectivity index (χ2v) is 14.9. The molecule has 3 aromatic carbocycles. The van der Waals surface area contributed by atoms with Gasteiger partial charge in [-0.15, -0.1) is 5.73 Å². The lowest BCUT2D eigenvalue weighted by Gasteiger charge is -2.42. The number of amides is 1. The normalized spacial score (nSPS) is 15.9. The third-order valence-corrected chi connectivity index (χ3v) is 12.1. The Balaban J connectivity index is 1.50. The molecule has 1 aliphatic rings. The summed E-state index contributed by atoms with van der Waals surface area (Å²) in [5, 5.41) is 2.42. The number of carbonyl (C=O) groups is 1. The minimum atomic E-state index is -2.60. The zero-order valence-corrected chi connectivity index (χ0v) is 23.6. The smallest absolute Gasteiger partial charge is 0.414 e. The minimum absolute atomic E-state index is 0.0732. The summed E-state index contributed by atoms with van der Waals surface area (Å²) in [4.78, 5) is 14.3. The van der Waals surface area contributed by atoms with Crippen molar-refractivity contribution in [1.82, 2.24) is 4.90 Å². The zero-order valence-electron chi connectivity index (χ0n) is 22.6. The van der Waals surface area contributed by atoms with Crippen LogP contribution in [0, 0.1) is 0 Å². The Labute approximate surface area is 228 Å². The van der Waals surface area contributed by atoms with Crippen molar-refractivity contribution < 1.29 is 14.0 Å². The molecule has 3 aromatic rings. The molecule has 1 saturated heterocycles. The van der Waals surface area contributed by atoms with Gasteiger partial charge in [-0.25, -0.2) is 4.79 Å². The minimum Gasteiger partial charge on any atom is -0.447 e. The van der Waals surface area contributed by atoms with Gasteiger partial charge in [-0.2, -0.15) is 0 Å². The summed E-state index contributed by atoms with van der Waals surface area (Å²) in [7, 11) is -2.60. The van der Waals surface area contributed by atoms with Crippen molar-refractivity contribution in [3.63, 3.8) is 0 Å². The van der Waals surface area contributed by atoms with E-state index in [1.54, 1.807) is 4.90 Å². The van der Waals surface area contributed by atoms with Crippen molar-refractivity contribution in [3.8, 4) is 0 Å². The third-order valence-electron chi connectivity index (χ3n) is 7.06. The molecule has 1 aliphatic heterocycles. The van der Waals surface area contributed by atoms with Crippen LogP contribution in [-0.2, 0) is 15.6 Å². The topological polar surface area (TPSA) is 38.8 Å². The molecule has 0 radical (unpaired) electrons. The summed E-state index contributed by atoms with van der Waals surface area (Å²) in [5.41, 5.74) is 4.86. The highest BCUT2D eigenvalue weighted by atomic mass is 28.4. The first-order valence-electron chi connectivity index (χ1n) is 13.2. The molecule has 0 aromatic heterocycles. The molecule has 0 aliphatic carbocycles. The standard InChI is InChI=1S/C33H37NO3Si/c1-5-28(34-29(26-36-32(34)35)25-27-17-9-6-10-18-27)19-15-16-24-37-38(33(2,3)4,30-20-11-7-12-21-30)31-22-13-8-14-23-31/h6-18,20-23,29H,1,19,24-26H2,2-4H3/b16-15+/t29-/m1/s1. The fourth-order valence-corrected chi connectivity index (χ4v) is 9.78. The van der Waals surface area contributed by atoms with Gasteiger partial charge >= 0.3 is 6.09 Å². The Bertz CT molecular complexity index is 1240. The van der Waals surface area contributed by atoms with Gasteiger partial charge in [0.1, 0.15) is 6.61 Å². The number of rotatable bonds is 10. The summed E-state index contributed by atoms with van der Waals surface area (Å²) in [6.45, 7) is 11.5. The average molecular weight is 524 g/mol. The maximum Gasteiger partial charge on any atom is 0.414 e. The molecular weight excluding hydrogens is 486 g/mol. The van der Waals surface area contributed by atoms with Crippen LogP contribution in [-0.4, -0.2) is 38.6 Å². The largest absolute Gasteiger partial charge is 0.447 e. The maximum absolute atomic E-state index is 12.6. The van der Waals surface area contributed by atoms with Crippen molar-refractivity contribution in [1.29, 1.82) is 0 Å². The first kappa shape index (κ1) is 27.4. The molecule has 1 amide bonds. The monoisotopic (exact) mass is 523 g/mol. The number of hydrogen-bond acceptors (Lipinski definition) is 3. The van der Waals surface area contributed by atoms with E-state index in [2.05, 4.69) is 93.7 Å².